The van der Waals surface area contributed by atoms with Crippen molar-refractivity contribution in [1.29, 1.82) is 0 Å². The van der Waals surface area contributed by atoms with E-state index < -0.39 is 6.61 Å². The Hall–Kier alpha value is -1.37. The minimum atomic E-state index is -2.99. The molecule has 0 aliphatic heterocycles. The molecule has 1 aromatic carbocycles. The number of aliphatic hydroxyl groups excluding tert-OH is 1. The van der Waals surface area contributed by atoms with E-state index in [-0.39, 0.29) is 23.2 Å². The molecule has 4 nitrogen and oxygen atoms in total. The van der Waals surface area contributed by atoms with E-state index in [4.69, 9.17) is 23.2 Å². The predicted molar refractivity (Wildman–Crippen MR) is 71.2 cm³/mol. The summed E-state index contributed by atoms with van der Waals surface area (Å²) < 4.78 is 30.0. The van der Waals surface area contributed by atoms with Gasteiger partial charge in [-0.05, 0) is 17.7 Å². The van der Waals surface area contributed by atoms with Gasteiger partial charge in [-0.25, -0.2) is 4.68 Å². The van der Waals surface area contributed by atoms with Crippen LogP contribution in [0.4, 0.5) is 8.78 Å². The molecule has 1 heterocycles. The molecule has 20 heavy (non-hydrogen) atoms. The number of nitrogens with zero attached hydrogens (tertiary/aromatic N) is 2. The van der Waals surface area contributed by atoms with Crippen LogP contribution >= 0.6 is 23.2 Å². The highest BCUT2D eigenvalue weighted by Gasteiger charge is 2.20. The number of benzene rings is 1. The molecule has 0 unspecified atom stereocenters. The molecular weight excluding hydrogens is 313 g/mol. The Kier molecular flexibility index (Phi) is 4.47. The van der Waals surface area contributed by atoms with Crippen LogP contribution in [0, 0.1) is 0 Å². The van der Waals surface area contributed by atoms with Crippen molar-refractivity contribution >= 4 is 23.2 Å². The molecule has 0 fully saturated rings. The first-order valence-electron chi connectivity index (χ1n) is 5.51. The summed E-state index contributed by atoms with van der Waals surface area (Å²) in [7, 11) is 1.44. The summed E-state index contributed by atoms with van der Waals surface area (Å²) in [5.74, 6) is -0.225. The number of hydrogen-bond acceptors (Lipinski definition) is 3. The van der Waals surface area contributed by atoms with Gasteiger partial charge in [0.15, 0.2) is 0 Å². The van der Waals surface area contributed by atoms with Crippen LogP contribution in [0.3, 0.4) is 0 Å². The second-order valence-corrected chi connectivity index (χ2v) is 4.72. The minimum absolute atomic E-state index is 0.0287. The lowest BCUT2D eigenvalue weighted by molar-refractivity contribution is -0.0552. The molecule has 1 N–H and O–H groups in total. The molecule has 108 valence electrons. The van der Waals surface area contributed by atoms with E-state index in [1.54, 1.807) is 18.2 Å². The number of hydrogen-bond donors (Lipinski definition) is 1. The normalized spacial score (nSPS) is 11.2. The zero-order chi connectivity index (χ0) is 14.9. The first-order valence-corrected chi connectivity index (χ1v) is 6.26. The second-order valence-electron chi connectivity index (χ2n) is 3.93. The Morgan fingerprint density at radius 2 is 2.10 bits per heavy atom. The van der Waals surface area contributed by atoms with E-state index in [2.05, 4.69) is 9.84 Å². The largest absolute Gasteiger partial charge is 0.416 e. The maximum absolute atomic E-state index is 12.3. The Balaban J connectivity index is 2.48. The predicted octanol–water partition coefficient (Wildman–Crippen LogP) is 3.49. The van der Waals surface area contributed by atoms with E-state index in [0.29, 0.717) is 16.1 Å². The number of aryl methyl sites for hydroxylation is 1. The van der Waals surface area contributed by atoms with Crippen LogP contribution in [0.5, 0.6) is 5.88 Å². The highest BCUT2D eigenvalue weighted by molar-refractivity contribution is 6.34. The first-order chi connectivity index (χ1) is 9.43. The van der Waals surface area contributed by atoms with Gasteiger partial charge in [-0.1, -0.05) is 29.3 Å². The van der Waals surface area contributed by atoms with Crippen molar-refractivity contribution in [3.8, 4) is 17.1 Å². The number of halogens is 4. The fourth-order valence-electron chi connectivity index (χ4n) is 1.72. The first kappa shape index (κ1) is 15.0. The van der Waals surface area contributed by atoms with Gasteiger partial charge in [0.2, 0.25) is 5.88 Å². The van der Waals surface area contributed by atoms with Gasteiger partial charge in [0.1, 0.15) is 10.7 Å². The molecule has 2 aromatic rings. The lowest BCUT2D eigenvalue weighted by atomic mass is 10.1. The van der Waals surface area contributed by atoms with Gasteiger partial charge in [-0.2, -0.15) is 13.9 Å². The van der Waals surface area contributed by atoms with Crippen LogP contribution < -0.4 is 4.74 Å². The van der Waals surface area contributed by atoms with Crippen LogP contribution in [0.15, 0.2) is 18.2 Å². The topological polar surface area (TPSA) is 47.3 Å². The average molecular weight is 323 g/mol. The Labute approximate surface area is 123 Å². The Morgan fingerprint density at radius 3 is 2.70 bits per heavy atom. The van der Waals surface area contributed by atoms with Gasteiger partial charge in [0, 0.05) is 17.6 Å². The van der Waals surface area contributed by atoms with Gasteiger partial charge >= 0.3 is 6.61 Å². The van der Waals surface area contributed by atoms with Crippen LogP contribution in [-0.4, -0.2) is 21.5 Å². The number of ether oxygens (including phenoxy) is 1. The zero-order valence-electron chi connectivity index (χ0n) is 10.3. The summed E-state index contributed by atoms with van der Waals surface area (Å²) in [5.41, 5.74) is 1.31. The van der Waals surface area contributed by atoms with Gasteiger partial charge < -0.3 is 9.84 Å². The fraction of sp³-hybridized carbons (Fsp3) is 0.250. The molecular formula is C12H10Cl2F2N2O2. The maximum atomic E-state index is 12.3. The van der Waals surface area contributed by atoms with Crippen LogP contribution in [0.2, 0.25) is 10.0 Å². The second kappa shape index (κ2) is 5.95. The average Bonchev–Trinajstić information content (AvgIpc) is 2.67. The quantitative estimate of drug-likeness (QED) is 0.937. The van der Waals surface area contributed by atoms with E-state index in [1.165, 1.54) is 7.05 Å². The van der Waals surface area contributed by atoms with E-state index in [1.807, 2.05) is 0 Å². The highest BCUT2D eigenvalue weighted by atomic mass is 35.5. The molecule has 0 atom stereocenters. The lowest BCUT2D eigenvalue weighted by Gasteiger charge is -2.04. The lowest BCUT2D eigenvalue weighted by Crippen LogP contribution is -2.06. The van der Waals surface area contributed by atoms with Crippen molar-refractivity contribution < 1.29 is 18.6 Å². The molecule has 0 saturated heterocycles. The molecule has 0 amide bonds. The van der Waals surface area contributed by atoms with Crippen molar-refractivity contribution in [2.45, 2.75) is 13.2 Å². The van der Waals surface area contributed by atoms with E-state index in [0.717, 1.165) is 4.68 Å². The third-order valence-electron chi connectivity index (χ3n) is 2.63. The molecule has 0 spiro atoms. The molecule has 2 rings (SSSR count). The molecule has 1 aromatic heterocycles. The van der Waals surface area contributed by atoms with Crippen LogP contribution in [-0.2, 0) is 13.7 Å². The fourth-order valence-corrected chi connectivity index (χ4v) is 2.21. The van der Waals surface area contributed by atoms with Crippen molar-refractivity contribution in [2.24, 2.45) is 7.05 Å². The van der Waals surface area contributed by atoms with Crippen LogP contribution in [0.1, 0.15) is 5.56 Å². The van der Waals surface area contributed by atoms with Crippen molar-refractivity contribution in [3.63, 3.8) is 0 Å². The van der Waals surface area contributed by atoms with Gasteiger partial charge in [-0.3, -0.25) is 0 Å². The summed E-state index contributed by atoms with van der Waals surface area (Å²) in [4.78, 5) is 0. The number of aliphatic hydroxyl groups is 1. The Bertz CT molecular complexity index is 632. The molecule has 8 heteroatoms. The zero-order valence-corrected chi connectivity index (χ0v) is 11.8. The minimum Gasteiger partial charge on any atom is -0.416 e. The van der Waals surface area contributed by atoms with Crippen molar-refractivity contribution in [2.75, 3.05) is 0 Å². The smallest absolute Gasteiger partial charge is 0.388 e. The highest BCUT2D eigenvalue weighted by Crippen LogP contribution is 2.36. The van der Waals surface area contributed by atoms with Gasteiger partial charge in [0.05, 0.1) is 6.61 Å². The Morgan fingerprint density at radius 1 is 1.40 bits per heavy atom. The number of rotatable bonds is 4. The summed E-state index contributed by atoms with van der Waals surface area (Å²) in [6.45, 7) is -3.24. The number of aromatic nitrogens is 2. The SMILES string of the molecule is Cn1nc(-c2ccc(Cl)c(CO)c2)c(Cl)c1OC(F)F. The standard InChI is InChI=1S/C12H10Cl2F2N2O2/c1-18-11(20-12(15)16)9(14)10(17-18)6-2-3-8(13)7(4-6)5-19/h2-4,12,19H,5H2,1H3. The van der Waals surface area contributed by atoms with Crippen molar-refractivity contribution in [1.82, 2.24) is 9.78 Å². The summed E-state index contributed by atoms with van der Waals surface area (Å²) in [6.07, 6.45) is 0. The van der Waals surface area contributed by atoms with Gasteiger partial charge in [-0.15, -0.1) is 0 Å². The monoisotopic (exact) mass is 322 g/mol. The summed E-state index contributed by atoms with van der Waals surface area (Å²) in [5, 5.41) is 13.6. The summed E-state index contributed by atoms with van der Waals surface area (Å²) >= 11 is 11.9. The maximum Gasteiger partial charge on any atom is 0.388 e. The third kappa shape index (κ3) is 2.87. The molecule has 0 radical (unpaired) electrons. The van der Waals surface area contributed by atoms with E-state index >= 15 is 0 Å². The molecule has 0 saturated carbocycles. The number of alkyl halides is 2. The van der Waals surface area contributed by atoms with Crippen molar-refractivity contribution in [3.05, 3.63) is 33.8 Å². The third-order valence-corrected chi connectivity index (χ3v) is 3.34. The summed E-state index contributed by atoms with van der Waals surface area (Å²) in [6, 6.07) is 4.78. The molecule has 0 aliphatic carbocycles. The van der Waals surface area contributed by atoms with E-state index in [9.17, 15) is 13.9 Å². The van der Waals surface area contributed by atoms with Crippen LogP contribution in [0.25, 0.3) is 11.3 Å². The van der Waals surface area contributed by atoms with Gasteiger partial charge in [0.25, 0.3) is 0 Å². The molecule has 0 aliphatic rings. The molecule has 0 bridgehead atoms.